The highest BCUT2D eigenvalue weighted by atomic mass is 14.1. The lowest BCUT2D eigenvalue weighted by atomic mass is 9.98. The maximum absolute atomic E-state index is 2.42. The molecule has 0 spiro atoms. The van der Waals surface area contributed by atoms with Crippen LogP contribution in [0.3, 0.4) is 0 Å². The summed E-state index contributed by atoms with van der Waals surface area (Å²) in [5, 5.41) is 0. The van der Waals surface area contributed by atoms with Gasteiger partial charge < -0.3 is 0 Å². The fourth-order valence-electron chi connectivity index (χ4n) is 2.07. The summed E-state index contributed by atoms with van der Waals surface area (Å²) in [6, 6.07) is 0. The van der Waals surface area contributed by atoms with E-state index in [4.69, 9.17) is 0 Å². The third-order valence-corrected chi connectivity index (χ3v) is 3.31. The summed E-state index contributed by atoms with van der Waals surface area (Å²) in [5.41, 5.74) is 0. The molecule has 0 radical (unpaired) electrons. The highest BCUT2D eigenvalue weighted by molar-refractivity contribution is 4.87. The van der Waals surface area contributed by atoms with Crippen LogP contribution in [0.15, 0.2) is 12.2 Å². The molecule has 0 heterocycles. The molecule has 0 aromatic heterocycles. The van der Waals surface area contributed by atoms with Gasteiger partial charge in [-0.3, -0.25) is 0 Å². The molecule has 0 aromatic rings. The van der Waals surface area contributed by atoms with E-state index in [-0.39, 0.29) is 0 Å². The average Bonchev–Trinajstić information content (AvgIpc) is 2.24. The molecule has 90 valence electrons. The Labute approximate surface area is 97.2 Å². The van der Waals surface area contributed by atoms with E-state index in [2.05, 4.69) is 39.8 Å². The largest absolute Gasteiger partial charge is 0.0883 e. The predicted molar refractivity (Wildman–Crippen MR) is 71.1 cm³/mol. The zero-order valence-corrected chi connectivity index (χ0v) is 11.3. The smallest absolute Gasteiger partial charge is 0.0239 e. The highest BCUT2D eigenvalue weighted by Gasteiger charge is 1.99. The van der Waals surface area contributed by atoms with Crippen molar-refractivity contribution < 1.29 is 0 Å². The molecule has 0 saturated heterocycles. The summed E-state index contributed by atoms with van der Waals surface area (Å²) in [7, 11) is 0. The fourth-order valence-corrected chi connectivity index (χ4v) is 2.07. The third-order valence-electron chi connectivity index (χ3n) is 3.31. The molecule has 0 heteroatoms. The van der Waals surface area contributed by atoms with Crippen molar-refractivity contribution in [2.45, 2.75) is 72.6 Å². The monoisotopic (exact) mass is 210 g/mol. The Hall–Kier alpha value is -0.260. The molecule has 0 aliphatic heterocycles. The van der Waals surface area contributed by atoms with Crippen molar-refractivity contribution in [1.29, 1.82) is 0 Å². The van der Waals surface area contributed by atoms with Gasteiger partial charge in [-0.25, -0.2) is 0 Å². The first-order valence-corrected chi connectivity index (χ1v) is 6.91. The van der Waals surface area contributed by atoms with Gasteiger partial charge in [0.25, 0.3) is 0 Å². The molecule has 0 bridgehead atoms. The molecular weight excluding hydrogens is 180 g/mol. The average molecular weight is 210 g/mol. The van der Waals surface area contributed by atoms with Crippen molar-refractivity contribution in [3.63, 3.8) is 0 Å². The van der Waals surface area contributed by atoms with E-state index in [9.17, 15) is 0 Å². The molecular formula is C15H30. The Morgan fingerprint density at radius 2 is 1.67 bits per heavy atom. The topological polar surface area (TPSA) is 0 Å². The molecule has 1 unspecified atom stereocenters. The van der Waals surface area contributed by atoms with E-state index in [0.29, 0.717) is 0 Å². The summed E-state index contributed by atoms with van der Waals surface area (Å²) >= 11 is 0. The second kappa shape index (κ2) is 10.3. The second-order valence-electron chi connectivity index (χ2n) is 4.83. The number of rotatable bonds is 9. The number of unbranched alkanes of at least 4 members (excludes halogenated alkanes) is 1. The zero-order chi connectivity index (χ0) is 11.5. The lowest BCUT2D eigenvalue weighted by molar-refractivity contribution is 0.471. The summed E-state index contributed by atoms with van der Waals surface area (Å²) < 4.78 is 0. The van der Waals surface area contributed by atoms with Gasteiger partial charge in [0.15, 0.2) is 0 Å². The number of allylic oxidation sites excluding steroid dienone is 2. The van der Waals surface area contributed by atoms with Crippen LogP contribution in [0.1, 0.15) is 72.6 Å². The summed E-state index contributed by atoms with van der Waals surface area (Å²) in [6.45, 7) is 9.22. The Morgan fingerprint density at radius 1 is 1.00 bits per heavy atom. The van der Waals surface area contributed by atoms with E-state index in [1.54, 1.807) is 0 Å². The van der Waals surface area contributed by atoms with Crippen LogP contribution < -0.4 is 0 Å². The van der Waals surface area contributed by atoms with Crippen LogP contribution in [0, 0.1) is 11.8 Å². The van der Waals surface area contributed by atoms with E-state index in [1.807, 2.05) is 0 Å². The fraction of sp³-hybridized carbons (Fsp3) is 0.867. The van der Waals surface area contributed by atoms with Crippen LogP contribution in [0.4, 0.5) is 0 Å². The van der Waals surface area contributed by atoms with E-state index >= 15 is 0 Å². The molecule has 0 amide bonds. The Morgan fingerprint density at radius 3 is 2.20 bits per heavy atom. The van der Waals surface area contributed by atoms with Crippen LogP contribution in [0.25, 0.3) is 0 Å². The van der Waals surface area contributed by atoms with Crippen LogP contribution in [0.5, 0.6) is 0 Å². The van der Waals surface area contributed by atoms with Gasteiger partial charge in [0.05, 0.1) is 0 Å². The quantitative estimate of drug-likeness (QED) is 0.344. The predicted octanol–water partition coefficient (Wildman–Crippen LogP) is 5.59. The molecule has 1 atom stereocenters. The van der Waals surface area contributed by atoms with Gasteiger partial charge in [0, 0.05) is 0 Å². The first-order chi connectivity index (χ1) is 7.24. The van der Waals surface area contributed by atoms with Crippen molar-refractivity contribution >= 4 is 0 Å². The van der Waals surface area contributed by atoms with Gasteiger partial charge in [-0.05, 0) is 37.5 Å². The Bertz CT molecular complexity index is 142. The second-order valence-corrected chi connectivity index (χ2v) is 4.83. The van der Waals surface area contributed by atoms with E-state index in [1.165, 1.54) is 44.9 Å². The lowest BCUT2D eigenvalue weighted by Crippen LogP contribution is -1.93. The lowest BCUT2D eigenvalue weighted by Gasteiger charge is -2.08. The van der Waals surface area contributed by atoms with Crippen LogP contribution in [-0.2, 0) is 0 Å². The van der Waals surface area contributed by atoms with Gasteiger partial charge in [0.1, 0.15) is 0 Å². The SMILES string of the molecule is CCCC(C)CCCC=CC(CC)CC. The van der Waals surface area contributed by atoms with E-state index in [0.717, 1.165) is 11.8 Å². The zero-order valence-electron chi connectivity index (χ0n) is 11.3. The van der Waals surface area contributed by atoms with Crippen molar-refractivity contribution in [3.8, 4) is 0 Å². The molecule has 0 aliphatic rings. The van der Waals surface area contributed by atoms with Gasteiger partial charge in [-0.2, -0.15) is 0 Å². The minimum absolute atomic E-state index is 0.818. The molecule has 15 heavy (non-hydrogen) atoms. The molecule has 0 nitrogen and oxygen atoms in total. The van der Waals surface area contributed by atoms with Gasteiger partial charge in [-0.15, -0.1) is 0 Å². The van der Waals surface area contributed by atoms with Gasteiger partial charge in [0.2, 0.25) is 0 Å². The minimum Gasteiger partial charge on any atom is -0.0883 e. The Balaban J connectivity index is 3.44. The van der Waals surface area contributed by atoms with Crippen molar-refractivity contribution in [1.82, 2.24) is 0 Å². The highest BCUT2D eigenvalue weighted by Crippen LogP contribution is 2.15. The molecule has 0 aliphatic carbocycles. The van der Waals surface area contributed by atoms with Crippen molar-refractivity contribution in [2.75, 3.05) is 0 Å². The molecule has 0 rings (SSSR count). The first-order valence-electron chi connectivity index (χ1n) is 6.91. The normalized spacial score (nSPS) is 13.9. The minimum atomic E-state index is 0.818. The Kier molecular flexibility index (Phi) is 10.1. The van der Waals surface area contributed by atoms with Gasteiger partial charge in [-0.1, -0.05) is 59.1 Å². The van der Waals surface area contributed by atoms with Crippen molar-refractivity contribution in [3.05, 3.63) is 12.2 Å². The summed E-state index contributed by atoms with van der Waals surface area (Å²) in [5.74, 6) is 1.75. The number of hydrogen-bond acceptors (Lipinski definition) is 0. The maximum atomic E-state index is 2.42. The van der Waals surface area contributed by atoms with E-state index < -0.39 is 0 Å². The van der Waals surface area contributed by atoms with Crippen LogP contribution >= 0.6 is 0 Å². The summed E-state index contributed by atoms with van der Waals surface area (Å²) in [4.78, 5) is 0. The van der Waals surface area contributed by atoms with Gasteiger partial charge >= 0.3 is 0 Å². The molecule has 0 saturated carbocycles. The summed E-state index contributed by atoms with van der Waals surface area (Å²) in [6.07, 6.45) is 14.2. The first kappa shape index (κ1) is 14.7. The molecule has 0 aromatic carbocycles. The standard InChI is InChI=1S/C15H30/c1-5-11-14(4)12-9-8-10-13-15(6-2)7-3/h10,13-15H,5-9,11-12H2,1-4H3. The van der Waals surface area contributed by atoms with Crippen LogP contribution in [-0.4, -0.2) is 0 Å². The van der Waals surface area contributed by atoms with Crippen LogP contribution in [0.2, 0.25) is 0 Å². The molecule has 0 fully saturated rings. The van der Waals surface area contributed by atoms with Crippen molar-refractivity contribution in [2.24, 2.45) is 11.8 Å². The maximum Gasteiger partial charge on any atom is -0.0239 e. The third kappa shape index (κ3) is 8.72. The molecule has 0 N–H and O–H groups in total. The number of hydrogen-bond donors (Lipinski definition) is 0.